The van der Waals surface area contributed by atoms with Gasteiger partial charge in [0.1, 0.15) is 0 Å². The standard InChI is InChI=1S/C10H15O2PS/c1-8(13(11)12)7-10(2,3)9-5-4-6-14-9/h4-7,11-12H,1-3H3/b8-7-. The molecular formula is C10H15O2PS. The molecule has 0 unspecified atom stereocenters. The van der Waals surface area contributed by atoms with Crippen molar-refractivity contribution < 1.29 is 9.79 Å². The normalized spacial score (nSPS) is 13.7. The van der Waals surface area contributed by atoms with Gasteiger partial charge in [0.15, 0.2) is 8.38 Å². The van der Waals surface area contributed by atoms with Crippen LogP contribution < -0.4 is 0 Å². The summed E-state index contributed by atoms with van der Waals surface area (Å²) in [6.07, 6.45) is 1.92. The molecular weight excluding hydrogens is 215 g/mol. The van der Waals surface area contributed by atoms with Crippen molar-refractivity contribution in [3.63, 3.8) is 0 Å². The first-order valence-corrected chi connectivity index (χ1v) is 6.47. The Morgan fingerprint density at radius 3 is 2.57 bits per heavy atom. The van der Waals surface area contributed by atoms with Crippen LogP contribution in [0.4, 0.5) is 0 Å². The van der Waals surface area contributed by atoms with Gasteiger partial charge in [-0.1, -0.05) is 26.0 Å². The summed E-state index contributed by atoms with van der Waals surface area (Å²) in [5.74, 6) is 0. The molecule has 0 saturated heterocycles. The van der Waals surface area contributed by atoms with Crippen molar-refractivity contribution in [1.82, 2.24) is 0 Å². The molecule has 0 bridgehead atoms. The van der Waals surface area contributed by atoms with Gasteiger partial charge in [0.2, 0.25) is 0 Å². The third-order valence-electron chi connectivity index (χ3n) is 2.04. The van der Waals surface area contributed by atoms with Gasteiger partial charge in [0.25, 0.3) is 0 Å². The van der Waals surface area contributed by atoms with E-state index in [0.29, 0.717) is 5.31 Å². The van der Waals surface area contributed by atoms with E-state index >= 15 is 0 Å². The molecule has 1 rings (SSSR count). The molecule has 0 aromatic carbocycles. The first-order valence-electron chi connectivity index (χ1n) is 4.35. The maximum absolute atomic E-state index is 9.04. The summed E-state index contributed by atoms with van der Waals surface area (Å²) in [7, 11) is -1.94. The molecule has 0 radical (unpaired) electrons. The molecule has 0 spiro atoms. The lowest BCUT2D eigenvalue weighted by molar-refractivity contribution is 0.490. The van der Waals surface area contributed by atoms with E-state index in [2.05, 4.69) is 19.9 Å². The quantitative estimate of drug-likeness (QED) is 0.783. The first kappa shape index (κ1) is 11.9. The topological polar surface area (TPSA) is 40.5 Å². The van der Waals surface area contributed by atoms with Gasteiger partial charge >= 0.3 is 0 Å². The zero-order valence-corrected chi connectivity index (χ0v) is 10.3. The molecule has 0 atom stereocenters. The predicted octanol–water partition coefficient (Wildman–Crippen LogP) is 3.23. The Bertz CT molecular complexity index is 315. The van der Waals surface area contributed by atoms with E-state index in [1.807, 2.05) is 17.5 Å². The largest absolute Gasteiger partial charge is 0.347 e. The zero-order valence-electron chi connectivity index (χ0n) is 8.56. The SMILES string of the molecule is C/C(=C/C(C)(C)c1cccs1)P(O)O. The molecule has 1 aromatic heterocycles. The highest BCUT2D eigenvalue weighted by atomic mass is 32.1. The second kappa shape index (κ2) is 4.54. The van der Waals surface area contributed by atoms with Gasteiger partial charge in [0.05, 0.1) is 0 Å². The van der Waals surface area contributed by atoms with Gasteiger partial charge < -0.3 is 9.79 Å². The maximum Gasteiger partial charge on any atom is 0.194 e. The van der Waals surface area contributed by atoms with Crippen molar-refractivity contribution in [2.45, 2.75) is 26.2 Å². The summed E-state index contributed by atoms with van der Waals surface area (Å²) >= 11 is 1.68. The second-order valence-electron chi connectivity index (χ2n) is 3.77. The minimum Gasteiger partial charge on any atom is -0.347 e. The fourth-order valence-corrected chi connectivity index (χ4v) is 2.56. The highest BCUT2D eigenvalue weighted by Crippen LogP contribution is 2.39. The summed E-state index contributed by atoms with van der Waals surface area (Å²) in [6, 6.07) is 4.07. The van der Waals surface area contributed by atoms with Crippen LogP contribution in [-0.4, -0.2) is 9.79 Å². The van der Waals surface area contributed by atoms with Gasteiger partial charge in [-0.25, -0.2) is 0 Å². The molecule has 0 aliphatic rings. The van der Waals surface area contributed by atoms with Crippen molar-refractivity contribution in [3.8, 4) is 0 Å². The molecule has 0 amide bonds. The Kier molecular flexibility index (Phi) is 3.85. The summed E-state index contributed by atoms with van der Waals surface area (Å²) < 4.78 is 0. The number of hydrogen-bond donors (Lipinski definition) is 2. The van der Waals surface area contributed by atoms with Crippen molar-refractivity contribution >= 4 is 19.7 Å². The van der Waals surface area contributed by atoms with Gasteiger partial charge in [-0.3, -0.25) is 0 Å². The Balaban J connectivity index is 2.92. The van der Waals surface area contributed by atoms with E-state index in [4.69, 9.17) is 9.79 Å². The minimum atomic E-state index is -1.94. The minimum absolute atomic E-state index is 0.121. The van der Waals surface area contributed by atoms with E-state index < -0.39 is 8.38 Å². The second-order valence-corrected chi connectivity index (χ2v) is 6.01. The Morgan fingerprint density at radius 2 is 2.14 bits per heavy atom. The Labute approximate surface area is 89.8 Å². The van der Waals surface area contributed by atoms with Crippen LogP contribution in [0.15, 0.2) is 28.9 Å². The fourth-order valence-electron chi connectivity index (χ4n) is 1.30. The van der Waals surface area contributed by atoms with Gasteiger partial charge in [-0.15, -0.1) is 11.3 Å². The Hall–Kier alpha value is -0.210. The van der Waals surface area contributed by atoms with Gasteiger partial charge in [0, 0.05) is 15.6 Å². The lowest BCUT2D eigenvalue weighted by Crippen LogP contribution is -2.11. The highest BCUT2D eigenvalue weighted by molar-refractivity contribution is 7.49. The van der Waals surface area contributed by atoms with Gasteiger partial charge in [-0.2, -0.15) is 0 Å². The Morgan fingerprint density at radius 1 is 1.50 bits per heavy atom. The third-order valence-corrected chi connectivity index (χ3v) is 4.01. The average molecular weight is 230 g/mol. The van der Waals surface area contributed by atoms with Crippen LogP contribution in [0, 0.1) is 0 Å². The van der Waals surface area contributed by atoms with E-state index in [1.54, 1.807) is 18.3 Å². The van der Waals surface area contributed by atoms with Crippen molar-refractivity contribution in [1.29, 1.82) is 0 Å². The number of hydrogen-bond acceptors (Lipinski definition) is 3. The van der Waals surface area contributed by atoms with Crippen LogP contribution >= 0.6 is 19.7 Å². The molecule has 0 saturated carbocycles. The molecule has 78 valence electrons. The maximum atomic E-state index is 9.04. The van der Waals surface area contributed by atoms with Crippen molar-refractivity contribution in [2.24, 2.45) is 0 Å². The summed E-state index contributed by atoms with van der Waals surface area (Å²) in [5.41, 5.74) is -0.121. The van der Waals surface area contributed by atoms with Crippen LogP contribution in [0.5, 0.6) is 0 Å². The smallest absolute Gasteiger partial charge is 0.194 e. The molecule has 14 heavy (non-hydrogen) atoms. The molecule has 1 aromatic rings. The third kappa shape index (κ3) is 2.89. The molecule has 0 aliphatic carbocycles. The molecule has 2 N–H and O–H groups in total. The van der Waals surface area contributed by atoms with Gasteiger partial charge in [-0.05, 0) is 18.4 Å². The van der Waals surface area contributed by atoms with Crippen LogP contribution in [0.2, 0.25) is 0 Å². The molecule has 1 heterocycles. The number of rotatable bonds is 3. The average Bonchev–Trinajstić information content (AvgIpc) is 2.54. The molecule has 2 nitrogen and oxygen atoms in total. The molecule has 4 heteroatoms. The van der Waals surface area contributed by atoms with Crippen LogP contribution in [0.1, 0.15) is 25.6 Å². The van der Waals surface area contributed by atoms with E-state index in [0.717, 1.165) is 0 Å². The lowest BCUT2D eigenvalue weighted by Gasteiger charge is -2.20. The zero-order chi connectivity index (χ0) is 10.8. The predicted molar refractivity (Wildman–Crippen MR) is 62.5 cm³/mol. The molecule has 0 fully saturated rings. The number of thiophene rings is 1. The summed E-state index contributed by atoms with van der Waals surface area (Å²) in [6.45, 7) is 5.89. The first-order chi connectivity index (χ1) is 6.43. The molecule has 0 aliphatic heterocycles. The fraction of sp³-hybridized carbons (Fsp3) is 0.400. The van der Waals surface area contributed by atoms with Crippen LogP contribution in [-0.2, 0) is 5.41 Å². The lowest BCUT2D eigenvalue weighted by atomic mass is 9.91. The van der Waals surface area contributed by atoms with E-state index in [-0.39, 0.29) is 5.41 Å². The van der Waals surface area contributed by atoms with Crippen LogP contribution in [0.3, 0.4) is 0 Å². The summed E-state index contributed by atoms with van der Waals surface area (Å²) in [5, 5.41) is 2.68. The number of allylic oxidation sites excluding steroid dienone is 2. The highest BCUT2D eigenvalue weighted by Gasteiger charge is 2.20. The van der Waals surface area contributed by atoms with Crippen molar-refractivity contribution in [2.75, 3.05) is 0 Å². The van der Waals surface area contributed by atoms with E-state index in [1.165, 1.54) is 4.88 Å². The van der Waals surface area contributed by atoms with Crippen molar-refractivity contribution in [3.05, 3.63) is 33.8 Å². The van der Waals surface area contributed by atoms with Crippen LogP contribution in [0.25, 0.3) is 0 Å². The summed E-state index contributed by atoms with van der Waals surface area (Å²) in [4.78, 5) is 19.3. The monoisotopic (exact) mass is 230 g/mol. The van der Waals surface area contributed by atoms with E-state index in [9.17, 15) is 0 Å².